The summed E-state index contributed by atoms with van der Waals surface area (Å²) in [5, 5.41) is 0.487. The minimum Gasteiger partial charge on any atom is -0.380 e. The van der Waals surface area contributed by atoms with E-state index in [-0.39, 0.29) is 0 Å². The molecule has 1 fully saturated rings. The minimum atomic E-state index is 0.349. The molecule has 2 nitrogen and oxygen atoms in total. The van der Waals surface area contributed by atoms with E-state index in [2.05, 4.69) is 16.8 Å². The lowest BCUT2D eigenvalue weighted by Crippen LogP contribution is -1.94. The molecule has 0 amide bonds. The van der Waals surface area contributed by atoms with E-state index in [1.54, 1.807) is 0 Å². The topological polar surface area (TPSA) is 22.1 Å². The molecule has 78 valence electrons. The van der Waals surface area contributed by atoms with E-state index in [4.69, 9.17) is 16.3 Å². The molecule has 1 atom stereocenters. The number of pyridine rings is 1. The van der Waals surface area contributed by atoms with Crippen molar-refractivity contribution in [3.05, 3.63) is 28.5 Å². The number of rotatable bonds is 0. The normalized spacial score (nSPS) is 19.7. The highest BCUT2D eigenvalue weighted by atomic mass is 35.5. The van der Waals surface area contributed by atoms with Gasteiger partial charge in [-0.3, -0.25) is 0 Å². The van der Waals surface area contributed by atoms with Crippen LogP contribution in [0.2, 0.25) is 5.15 Å². The molecule has 0 spiro atoms. The first kappa shape index (κ1) is 10.5. The molecule has 3 heteroatoms. The third kappa shape index (κ3) is 2.71. The average molecular weight is 222 g/mol. The van der Waals surface area contributed by atoms with Crippen LogP contribution >= 0.6 is 11.6 Å². The number of hydrogen-bond acceptors (Lipinski definition) is 2. The summed E-state index contributed by atoms with van der Waals surface area (Å²) in [6, 6.07) is 3.83. The van der Waals surface area contributed by atoms with E-state index in [0.29, 0.717) is 11.1 Å². The molecule has 2 rings (SSSR count). The van der Waals surface area contributed by atoms with Crippen molar-refractivity contribution in [1.29, 1.82) is 0 Å². The third-order valence-electron chi connectivity index (χ3n) is 2.33. The van der Waals surface area contributed by atoms with E-state index in [0.717, 1.165) is 30.9 Å². The standard InChI is InChI=1S/C12H12ClNO/c1-9-2-4-11(12(13)14-9)5-3-10-6-7-15-8-10/h2,4,10H,6-8H2,1H3. The van der Waals surface area contributed by atoms with Gasteiger partial charge in [0.2, 0.25) is 0 Å². The predicted octanol–water partition coefficient (Wildman–Crippen LogP) is 2.43. The Labute approximate surface area is 94.6 Å². The van der Waals surface area contributed by atoms with Crippen LogP contribution in [0, 0.1) is 24.7 Å². The van der Waals surface area contributed by atoms with Crippen molar-refractivity contribution < 1.29 is 4.74 Å². The molecule has 0 N–H and O–H groups in total. The number of ether oxygens (including phenoxy) is 1. The first-order valence-corrected chi connectivity index (χ1v) is 5.36. The fraction of sp³-hybridized carbons (Fsp3) is 0.417. The second kappa shape index (κ2) is 4.65. The Morgan fingerprint density at radius 1 is 1.53 bits per heavy atom. The Kier molecular flexibility index (Phi) is 3.25. The zero-order chi connectivity index (χ0) is 10.7. The van der Waals surface area contributed by atoms with Crippen molar-refractivity contribution in [2.45, 2.75) is 13.3 Å². The summed E-state index contributed by atoms with van der Waals surface area (Å²) >= 11 is 5.97. The average Bonchev–Trinajstić information content (AvgIpc) is 2.69. The fourth-order valence-corrected chi connectivity index (χ4v) is 1.69. The number of aryl methyl sites for hydroxylation is 1. The summed E-state index contributed by atoms with van der Waals surface area (Å²) in [6.07, 6.45) is 1.02. The lowest BCUT2D eigenvalue weighted by Gasteiger charge is -1.97. The van der Waals surface area contributed by atoms with Gasteiger partial charge in [0.1, 0.15) is 5.15 Å². The van der Waals surface area contributed by atoms with Gasteiger partial charge in [0.25, 0.3) is 0 Å². The Morgan fingerprint density at radius 2 is 2.40 bits per heavy atom. The molecule has 1 aromatic rings. The van der Waals surface area contributed by atoms with Crippen LogP contribution < -0.4 is 0 Å². The number of nitrogens with zero attached hydrogens (tertiary/aromatic N) is 1. The van der Waals surface area contributed by atoms with Crippen molar-refractivity contribution >= 4 is 11.6 Å². The zero-order valence-electron chi connectivity index (χ0n) is 8.59. The smallest absolute Gasteiger partial charge is 0.144 e. The van der Waals surface area contributed by atoms with Crippen LogP contribution in [-0.4, -0.2) is 18.2 Å². The molecule has 1 aliphatic heterocycles. The van der Waals surface area contributed by atoms with Crippen molar-refractivity contribution in [2.75, 3.05) is 13.2 Å². The summed E-state index contributed by atoms with van der Waals surface area (Å²) in [5.41, 5.74) is 1.71. The zero-order valence-corrected chi connectivity index (χ0v) is 9.34. The van der Waals surface area contributed by atoms with Crippen LogP contribution in [0.25, 0.3) is 0 Å². The van der Waals surface area contributed by atoms with Crippen molar-refractivity contribution in [3.8, 4) is 11.8 Å². The van der Waals surface area contributed by atoms with Crippen LogP contribution in [0.4, 0.5) is 0 Å². The first-order chi connectivity index (χ1) is 7.25. The van der Waals surface area contributed by atoms with Crippen LogP contribution in [0.3, 0.4) is 0 Å². The lowest BCUT2D eigenvalue weighted by molar-refractivity contribution is 0.192. The maximum absolute atomic E-state index is 5.97. The molecular formula is C12H12ClNO. The van der Waals surface area contributed by atoms with Gasteiger partial charge in [-0.15, -0.1) is 0 Å². The van der Waals surface area contributed by atoms with Gasteiger partial charge in [0.05, 0.1) is 12.2 Å². The van der Waals surface area contributed by atoms with E-state index in [9.17, 15) is 0 Å². The van der Waals surface area contributed by atoms with Gasteiger partial charge in [-0.2, -0.15) is 0 Å². The van der Waals surface area contributed by atoms with Gasteiger partial charge in [-0.1, -0.05) is 23.4 Å². The Morgan fingerprint density at radius 3 is 3.07 bits per heavy atom. The molecule has 0 radical (unpaired) electrons. The lowest BCUT2D eigenvalue weighted by atomic mass is 10.1. The quantitative estimate of drug-likeness (QED) is 0.496. The fourth-order valence-electron chi connectivity index (χ4n) is 1.45. The second-order valence-corrected chi connectivity index (χ2v) is 3.98. The van der Waals surface area contributed by atoms with Crippen LogP contribution in [0.15, 0.2) is 12.1 Å². The van der Waals surface area contributed by atoms with Crippen LogP contribution in [0.1, 0.15) is 17.7 Å². The molecule has 0 aromatic carbocycles. The maximum Gasteiger partial charge on any atom is 0.144 e. The third-order valence-corrected chi connectivity index (χ3v) is 2.62. The maximum atomic E-state index is 5.97. The number of halogens is 1. The second-order valence-electron chi connectivity index (χ2n) is 3.62. The predicted molar refractivity (Wildman–Crippen MR) is 59.8 cm³/mol. The Bertz CT molecular complexity index is 413. The van der Waals surface area contributed by atoms with Crippen LogP contribution in [-0.2, 0) is 4.74 Å². The van der Waals surface area contributed by atoms with E-state index in [1.165, 1.54) is 0 Å². The summed E-state index contributed by atoms with van der Waals surface area (Å²) in [7, 11) is 0. The first-order valence-electron chi connectivity index (χ1n) is 4.98. The molecule has 0 bridgehead atoms. The number of aromatic nitrogens is 1. The Hall–Kier alpha value is -1.04. The minimum absolute atomic E-state index is 0.349. The summed E-state index contributed by atoms with van der Waals surface area (Å²) in [6.45, 7) is 3.47. The molecule has 1 aliphatic rings. The molecule has 15 heavy (non-hydrogen) atoms. The van der Waals surface area contributed by atoms with Gasteiger partial charge in [0.15, 0.2) is 0 Å². The van der Waals surface area contributed by atoms with E-state index < -0.39 is 0 Å². The SMILES string of the molecule is Cc1ccc(C#CC2CCOC2)c(Cl)n1. The van der Waals surface area contributed by atoms with Gasteiger partial charge in [-0.05, 0) is 25.5 Å². The highest BCUT2D eigenvalue weighted by Gasteiger charge is 2.12. The molecule has 1 saturated heterocycles. The van der Waals surface area contributed by atoms with Crippen molar-refractivity contribution in [3.63, 3.8) is 0 Å². The molecule has 0 saturated carbocycles. The van der Waals surface area contributed by atoms with Crippen molar-refractivity contribution in [1.82, 2.24) is 4.98 Å². The molecule has 2 heterocycles. The van der Waals surface area contributed by atoms with Crippen LogP contribution in [0.5, 0.6) is 0 Å². The highest BCUT2D eigenvalue weighted by Crippen LogP contribution is 2.14. The van der Waals surface area contributed by atoms with Gasteiger partial charge in [-0.25, -0.2) is 4.98 Å². The molecule has 1 aromatic heterocycles. The molecule has 0 aliphatic carbocycles. The number of hydrogen-bond donors (Lipinski definition) is 0. The summed E-state index contributed by atoms with van der Waals surface area (Å²) in [5.74, 6) is 6.57. The monoisotopic (exact) mass is 221 g/mol. The van der Waals surface area contributed by atoms with Gasteiger partial charge in [0, 0.05) is 18.2 Å². The molecule has 1 unspecified atom stereocenters. The largest absolute Gasteiger partial charge is 0.380 e. The van der Waals surface area contributed by atoms with Crippen molar-refractivity contribution in [2.24, 2.45) is 5.92 Å². The highest BCUT2D eigenvalue weighted by molar-refractivity contribution is 6.30. The summed E-state index contributed by atoms with van der Waals surface area (Å²) in [4.78, 5) is 4.15. The Balaban J connectivity index is 2.15. The summed E-state index contributed by atoms with van der Waals surface area (Å²) < 4.78 is 5.24. The van der Waals surface area contributed by atoms with E-state index in [1.807, 2.05) is 19.1 Å². The van der Waals surface area contributed by atoms with E-state index >= 15 is 0 Å². The molecular weight excluding hydrogens is 210 g/mol. The van der Waals surface area contributed by atoms with Gasteiger partial charge < -0.3 is 4.74 Å². The van der Waals surface area contributed by atoms with Gasteiger partial charge >= 0.3 is 0 Å².